The van der Waals surface area contributed by atoms with Gasteiger partial charge < -0.3 is 24.6 Å². The number of methoxy groups -OCH3 is 3. The Morgan fingerprint density at radius 1 is 1.03 bits per heavy atom. The molecular formula is C24H25NO5S. The molecule has 0 aliphatic rings. The van der Waals surface area contributed by atoms with Crippen LogP contribution in [0, 0.1) is 0 Å². The van der Waals surface area contributed by atoms with E-state index in [9.17, 15) is 9.90 Å². The van der Waals surface area contributed by atoms with E-state index in [0.29, 0.717) is 23.8 Å². The molecule has 6 nitrogen and oxygen atoms in total. The number of ether oxygens (including phenoxy) is 3. The van der Waals surface area contributed by atoms with Crippen molar-refractivity contribution in [1.29, 1.82) is 0 Å². The zero-order valence-electron chi connectivity index (χ0n) is 17.6. The Kier molecular flexibility index (Phi) is 7.70. The van der Waals surface area contributed by atoms with Gasteiger partial charge in [0.1, 0.15) is 6.10 Å². The largest absolute Gasteiger partial charge is 0.493 e. The number of rotatable bonds is 9. The van der Waals surface area contributed by atoms with Gasteiger partial charge in [0, 0.05) is 15.8 Å². The fourth-order valence-corrected chi connectivity index (χ4v) is 4.01. The highest BCUT2D eigenvalue weighted by atomic mass is 32.1. The maximum atomic E-state index is 12.3. The monoisotopic (exact) mass is 439 g/mol. The van der Waals surface area contributed by atoms with Crippen LogP contribution in [0.4, 0.5) is 0 Å². The topological polar surface area (TPSA) is 77.0 Å². The molecule has 1 atom stereocenters. The molecule has 0 aliphatic heterocycles. The second kappa shape index (κ2) is 10.7. The summed E-state index contributed by atoms with van der Waals surface area (Å²) in [6.07, 6.45) is 2.46. The van der Waals surface area contributed by atoms with E-state index in [4.69, 9.17) is 14.2 Å². The predicted molar refractivity (Wildman–Crippen MR) is 122 cm³/mol. The number of nitrogens with one attached hydrogen (secondary N) is 1. The number of hydrogen-bond donors (Lipinski definition) is 2. The van der Waals surface area contributed by atoms with Crippen LogP contribution in [0.3, 0.4) is 0 Å². The molecule has 0 spiro atoms. The summed E-state index contributed by atoms with van der Waals surface area (Å²) in [5, 5.41) is 13.4. The third-order valence-electron chi connectivity index (χ3n) is 4.62. The number of aliphatic hydroxyl groups is 1. The summed E-state index contributed by atoms with van der Waals surface area (Å²) in [4.78, 5) is 14.0. The number of carbonyl (C=O) groups excluding carboxylic acids is 1. The van der Waals surface area contributed by atoms with Crippen LogP contribution in [0.2, 0.25) is 0 Å². The molecule has 1 heterocycles. The normalized spacial score (nSPS) is 11.9. The Balaban J connectivity index is 1.61. The molecule has 1 aromatic heterocycles. The molecule has 3 aromatic rings. The second-order valence-electron chi connectivity index (χ2n) is 6.63. The molecule has 0 bridgehead atoms. The maximum absolute atomic E-state index is 12.3. The Labute approximate surface area is 185 Å². The minimum Gasteiger partial charge on any atom is -0.493 e. The summed E-state index contributed by atoms with van der Waals surface area (Å²) < 4.78 is 16.0. The molecule has 0 fully saturated rings. The van der Waals surface area contributed by atoms with Crippen molar-refractivity contribution in [3.05, 3.63) is 81.6 Å². The van der Waals surface area contributed by atoms with Gasteiger partial charge in [0.15, 0.2) is 11.5 Å². The lowest BCUT2D eigenvalue weighted by Crippen LogP contribution is -2.19. The van der Waals surface area contributed by atoms with Crippen LogP contribution in [0.5, 0.6) is 17.2 Å². The summed E-state index contributed by atoms with van der Waals surface area (Å²) in [5.74, 6) is 1.31. The molecule has 162 valence electrons. The fourth-order valence-electron chi connectivity index (χ4n) is 3.04. The number of amides is 1. The zero-order valence-corrected chi connectivity index (χ0v) is 18.4. The first kappa shape index (κ1) is 22.4. The number of benzene rings is 2. The van der Waals surface area contributed by atoms with Crippen LogP contribution in [0.15, 0.2) is 60.7 Å². The highest BCUT2D eigenvalue weighted by molar-refractivity contribution is 7.12. The molecule has 1 unspecified atom stereocenters. The first-order valence-corrected chi connectivity index (χ1v) is 10.4. The first-order chi connectivity index (χ1) is 15.0. The van der Waals surface area contributed by atoms with Crippen molar-refractivity contribution in [2.45, 2.75) is 12.6 Å². The summed E-state index contributed by atoms with van der Waals surface area (Å²) in [6, 6.07) is 16.8. The van der Waals surface area contributed by atoms with Crippen LogP contribution in [0.25, 0.3) is 6.08 Å². The van der Waals surface area contributed by atoms with Gasteiger partial charge in [-0.1, -0.05) is 30.3 Å². The minimum atomic E-state index is -0.671. The van der Waals surface area contributed by atoms with Gasteiger partial charge >= 0.3 is 0 Å². The average molecular weight is 440 g/mol. The predicted octanol–water partition coefficient (Wildman–Crippen LogP) is 4.19. The number of aliphatic hydroxyl groups excluding tert-OH is 1. The molecule has 2 N–H and O–H groups in total. The van der Waals surface area contributed by atoms with Crippen molar-refractivity contribution in [3.63, 3.8) is 0 Å². The van der Waals surface area contributed by atoms with Crippen LogP contribution >= 0.6 is 11.3 Å². The molecule has 1 amide bonds. The van der Waals surface area contributed by atoms with E-state index in [1.165, 1.54) is 24.5 Å². The van der Waals surface area contributed by atoms with Gasteiger partial charge in [0.25, 0.3) is 0 Å². The number of hydrogen-bond acceptors (Lipinski definition) is 6. The Hall–Kier alpha value is -3.29. The van der Waals surface area contributed by atoms with E-state index in [1.807, 2.05) is 42.5 Å². The van der Waals surface area contributed by atoms with Crippen LogP contribution in [-0.4, -0.2) is 32.3 Å². The first-order valence-electron chi connectivity index (χ1n) is 9.63. The van der Waals surface area contributed by atoms with Crippen LogP contribution < -0.4 is 19.5 Å². The van der Waals surface area contributed by atoms with E-state index >= 15 is 0 Å². The van der Waals surface area contributed by atoms with E-state index in [1.54, 1.807) is 32.4 Å². The summed E-state index contributed by atoms with van der Waals surface area (Å²) in [7, 11) is 4.63. The summed E-state index contributed by atoms with van der Waals surface area (Å²) in [6.45, 7) is 0.380. The van der Waals surface area contributed by atoms with Gasteiger partial charge in [-0.2, -0.15) is 0 Å². The molecule has 0 saturated heterocycles. The quantitative estimate of drug-likeness (QED) is 0.489. The lowest BCUT2D eigenvalue weighted by molar-refractivity contribution is -0.116. The molecule has 0 aliphatic carbocycles. The van der Waals surface area contributed by atoms with Gasteiger partial charge in [-0.15, -0.1) is 11.3 Å². The van der Waals surface area contributed by atoms with Gasteiger partial charge in [-0.05, 0) is 41.5 Å². The smallest absolute Gasteiger partial charge is 0.244 e. The van der Waals surface area contributed by atoms with Crippen molar-refractivity contribution in [2.75, 3.05) is 21.3 Å². The average Bonchev–Trinajstić information content (AvgIpc) is 3.29. The standard InChI is InChI=1S/C24H25NO5S/c1-28-19-13-16(14-20(29-2)24(19)30-3)9-12-22(26)25-15-18-10-11-21(31-18)23(27)17-7-5-4-6-8-17/h4-14,23,27H,15H2,1-3H3,(H,25,26)/b12-9+. The molecule has 7 heteroatoms. The van der Waals surface area contributed by atoms with E-state index in [2.05, 4.69) is 5.32 Å². The molecular weight excluding hydrogens is 414 g/mol. The van der Waals surface area contributed by atoms with E-state index in [-0.39, 0.29) is 5.91 Å². The summed E-state index contributed by atoms with van der Waals surface area (Å²) in [5.41, 5.74) is 1.59. The lowest BCUT2D eigenvalue weighted by atomic mass is 10.1. The summed E-state index contributed by atoms with van der Waals surface area (Å²) >= 11 is 1.47. The van der Waals surface area contributed by atoms with Gasteiger partial charge in [-0.25, -0.2) is 0 Å². The Bertz CT molecular complexity index is 1020. The third-order valence-corrected chi connectivity index (χ3v) is 5.76. The van der Waals surface area contributed by atoms with E-state index in [0.717, 1.165) is 20.9 Å². The van der Waals surface area contributed by atoms with Crippen molar-refractivity contribution in [1.82, 2.24) is 5.32 Å². The molecule has 2 aromatic carbocycles. The SMILES string of the molecule is COc1cc(/C=C/C(=O)NCc2ccc(C(O)c3ccccc3)s2)cc(OC)c1OC. The van der Waals surface area contributed by atoms with Gasteiger partial charge in [-0.3, -0.25) is 4.79 Å². The van der Waals surface area contributed by atoms with Crippen LogP contribution in [0.1, 0.15) is 27.0 Å². The molecule has 31 heavy (non-hydrogen) atoms. The van der Waals surface area contributed by atoms with Crippen molar-refractivity contribution < 1.29 is 24.1 Å². The Morgan fingerprint density at radius 3 is 2.32 bits per heavy atom. The molecule has 3 rings (SSSR count). The number of carbonyl (C=O) groups is 1. The van der Waals surface area contributed by atoms with E-state index < -0.39 is 6.10 Å². The van der Waals surface area contributed by atoms with Gasteiger partial charge in [0.2, 0.25) is 11.7 Å². The van der Waals surface area contributed by atoms with Crippen molar-refractivity contribution in [2.24, 2.45) is 0 Å². The zero-order chi connectivity index (χ0) is 22.2. The highest BCUT2D eigenvalue weighted by Crippen LogP contribution is 2.38. The molecule has 0 radical (unpaired) electrons. The number of thiophene rings is 1. The van der Waals surface area contributed by atoms with Crippen LogP contribution in [-0.2, 0) is 11.3 Å². The lowest BCUT2D eigenvalue weighted by Gasteiger charge is -2.12. The minimum absolute atomic E-state index is 0.229. The third kappa shape index (κ3) is 5.65. The highest BCUT2D eigenvalue weighted by Gasteiger charge is 2.14. The molecule has 0 saturated carbocycles. The Morgan fingerprint density at radius 2 is 1.71 bits per heavy atom. The van der Waals surface area contributed by atoms with Crippen molar-refractivity contribution >= 4 is 23.3 Å². The van der Waals surface area contributed by atoms with Gasteiger partial charge in [0.05, 0.1) is 27.9 Å². The second-order valence-corrected chi connectivity index (χ2v) is 7.83. The maximum Gasteiger partial charge on any atom is 0.244 e. The van der Waals surface area contributed by atoms with Crippen molar-refractivity contribution in [3.8, 4) is 17.2 Å². The fraction of sp³-hybridized carbons (Fsp3) is 0.208.